The Morgan fingerprint density at radius 2 is 2.00 bits per heavy atom. The fraction of sp³-hybridized carbons (Fsp3) is 0.333. The molecule has 0 spiro atoms. The Morgan fingerprint density at radius 1 is 1.39 bits per heavy atom. The Bertz CT molecular complexity index is 473. The Labute approximate surface area is 110 Å². The summed E-state index contributed by atoms with van der Waals surface area (Å²) in [6.07, 6.45) is -0.781. The summed E-state index contributed by atoms with van der Waals surface area (Å²) in [4.78, 5) is 24.0. The number of likely N-dealkylation sites (N-methyl/N-ethyl adjacent to an activating group) is 1. The van der Waals surface area contributed by atoms with Gasteiger partial charge in [0.25, 0.3) is 5.91 Å². The minimum Gasteiger partial charge on any atom is -0.480 e. The largest absolute Gasteiger partial charge is 0.480 e. The topological polar surface area (TPSA) is 66.8 Å². The van der Waals surface area contributed by atoms with Gasteiger partial charge in [-0.1, -0.05) is 11.6 Å². The molecule has 0 radical (unpaired) electrons. The van der Waals surface area contributed by atoms with E-state index in [-0.39, 0.29) is 17.2 Å². The summed E-state index contributed by atoms with van der Waals surface area (Å²) < 4.78 is 5.35. The molecule has 0 aliphatic carbocycles. The average Bonchev–Trinajstić information content (AvgIpc) is 2.27. The standard InChI is InChI=1S/C12H14ClNO4/c1-7(11(15)14(2)3)18-10-6-8(13)4-5-9(10)12(16)17/h4-7H,1-3H3,(H,16,17). The second-order valence-electron chi connectivity index (χ2n) is 3.94. The molecule has 0 saturated heterocycles. The van der Waals surface area contributed by atoms with Crippen molar-refractivity contribution in [3.05, 3.63) is 28.8 Å². The number of carboxylic acid groups (broad SMARTS) is 1. The molecule has 98 valence electrons. The van der Waals surface area contributed by atoms with E-state index in [1.54, 1.807) is 21.0 Å². The van der Waals surface area contributed by atoms with Gasteiger partial charge < -0.3 is 14.7 Å². The van der Waals surface area contributed by atoms with Gasteiger partial charge in [-0.3, -0.25) is 4.79 Å². The molecule has 0 saturated carbocycles. The van der Waals surface area contributed by atoms with Gasteiger partial charge in [0.2, 0.25) is 0 Å². The molecule has 0 fully saturated rings. The van der Waals surface area contributed by atoms with E-state index in [9.17, 15) is 9.59 Å². The van der Waals surface area contributed by atoms with Crippen molar-refractivity contribution in [2.45, 2.75) is 13.0 Å². The van der Waals surface area contributed by atoms with Gasteiger partial charge in [0.05, 0.1) is 0 Å². The minimum absolute atomic E-state index is 0.0298. The van der Waals surface area contributed by atoms with Gasteiger partial charge in [0.1, 0.15) is 11.3 Å². The molecule has 0 heterocycles. The molecule has 1 rings (SSSR count). The lowest BCUT2D eigenvalue weighted by Gasteiger charge is -2.19. The van der Waals surface area contributed by atoms with Crippen LogP contribution in [0.4, 0.5) is 0 Å². The summed E-state index contributed by atoms with van der Waals surface area (Å²) >= 11 is 5.78. The molecule has 1 amide bonds. The lowest BCUT2D eigenvalue weighted by Crippen LogP contribution is -2.35. The molecule has 1 aromatic carbocycles. The van der Waals surface area contributed by atoms with Crippen LogP contribution in [0.1, 0.15) is 17.3 Å². The predicted molar refractivity (Wildman–Crippen MR) is 67.2 cm³/mol. The number of nitrogens with zero attached hydrogens (tertiary/aromatic N) is 1. The molecule has 0 aliphatic heterocycles. The first kappa shape index (κ1) is 14.3. The average molecular weight is 272 g/mol. The second-order valence-corrected chi connectivity index (χ2v) is 4.37. The Kier molecular flexibility index (Phi) is 4.55. The van der Waals surface area contributed by atoms with Gasteiger partial charge in [-0.2, -0.15) is 0 Å². The number of hydrogen-bond acceptors (Lipinski definition) is 3. The lowest BCUT2D eigenvalue weighted by atomic mass is 10.2. The lowest BCUT2D eigenvalue weighted by molar-refractivity contribution is -0.135. The van der Waals surface area contributed by atoms with Gasteiger partial charge in [-0.25, -0.2) is 4.79 Å². The van der Waals surface area contributed by atoms with Gasteiger partial charge in [-0.15, -0.1) is 0 Å². The number of rotatable bonds is 4. The Hall–Kier alpha value is -1.75. The highest BCUT2D eigenvalue weighted by Crippen LogP contribution is 2.24. The van der Waals surface area contributed by atoms with Crippen molar-refractivity contribution in [3.8, 4) is 5.75 Å². The van der Waals surface area contributed by atoms with E-state index >= 15 is 0 Å². The van der Waals surface area contributed by atoms with Crippen LogP contribution in [0.5, 0.6) is 5.75 Å². The maximum atomic E-state index is 11.6. The highest BCUT2D eigenvalue weighted by atomic mass is 35.5. The van der Waals surface area contributed by atoms with Crippen molar-refractivity contribution in [1.82, 2.24) is 4.90 Å². The number of halogens is 1. The number of amides is 1. The molecule has 1 aromatic rings. The predicted octanol–water partition coefficient (Wildman–Crippen LogP) is 1.89. The number of carboxylic acids is 1. The third-order valence-electron chi connectivity index (χ3n) is 2.27. The Morgan fingerprint density at radius 3 is 2.50 bits per heavy atom. The van der Waals surface area contributed by atoms with E-state index in [2.05, 4.69) is 0 Å². The third kappa shape index (κ3) is 3.37. The number of ether oxygens (including phenoxy) is 1. The molecule has 1 unspecified atom stereocenters. The molecular weight excluding hydrogens is 258 g/mol. The van der Waals surface area contributed by atoms with E-state index in [0.717, 1.165) is 0 Å². The van der Waals surface area contributed by atoms with Crippen molar-refractivity contribution in [3.63, 3.8) is 0 Å². The first-order valence-corrected chi connectivity index (χ1v) is 5.61. The minimum atomic E-state index is -1.13. The van der Waals surface area contributed by atoms with Crippen LogP contribution in [0.2, 0.25) is 5.02 Å². The highest BCUT2D eigenvalue weighted by molar-refractivity contribution is 6.30. The van der Waals surface area contributed by atoms with Crippen LogP contribution >= 0.6 is 11.6 Å². The molecule has 0 bridgehead atoms. The maximum absolute atomic E-state index is 11.6. The van der Waals surface area contributed by atoms with Crippen LogP contribution in [0.3, 0.4) is 0 Å². The number of carbonyl (C=O) groups excluding carboxylic acids is 1. The fourth-order valence-corrected chi connectivity index (χ4v) is 1.54. The number of benzene rings is 1. The van der Waals surface area contributed by atoms with Crippen LogP contribution < -0.4 is 4.74 Å². The van der Waals surface area contributed by atoms with Crippen LogP contribution in [0, 0.1) is 0 Å². The summed E-state index contributed by atoms with van der Waals surface area (Å²) in [5, 5.41) is 9.35. The van der Waals surface area contributed by atoms with E-state index < -0.39 is 12.1 Å². The monoisotopic (exact) mass is 271 g/mol. The van der Waals surface area contributed by atoms with Crippen LogP contribution in [-0.4, -0.2) is 42.1 Å². The van der Waals surface area contributed by atoms with Crippen molar-refractivity contribution in [2.24, 2.45) is 0 Å². The second kappa shape index (κ2) is 5.73. The molecule has 5 nitrogen and oxygen atoms in total. The van der Waals surface area contributed by atoms with E-state index in [4.69, 9.17) is 21.4 Å². The van der Waals surface area contributed by atoms with Crippen LogP contribution in [0.25, 0.3) is 0 Å². The van der Waals surface area contributed by atoms with Crippen LogP contribution in [0.15, 0.2) is 18.2 Å². The van der Waals surface area contributed by atoms with Crippen molar-refractivity contribution >= 4 is 23.5 Å². The highest BCUT2D eigenvalue weighted by Gasteiger charge is 2.20. The molecule has 0 aliphatic rings. The normalized spacial score (nSPS) is 11.8. The summed E-state index contributed by atoms with van der Waals surface area (Å²) in [7, 11) is 3.19. The number of carbonyl (C=O) groups is 2. The summed E-state index contributed by atoms with van der Waals surface area (Å²) in [6.45, 7) is 1.55. The molecule has 6 heteroatoms. The van der Waals surface area contributed by atoms with Gasteiger partial charge >= 0.3 is 5.97 Å². The summed E-state index contributed by atoms with van der Waals surface area (Å²) in [5.74, 6) is -1.31. The van der Waals surface area contributed by atoms with Crippen LogP contribution in [-0.2, 0) is 4.79 Å². The fourth-order valence-electron chi connectivity index (χ4n) is 1.37. The molecule has 18 heavy (non-hydrogen) atoms. The third-order valence-corrected chi connectivity index (χ3v) is 2.50. The first-order chi connectivity index (χ1) is 8.32. The zero-order valence-corrected chi connectivity index (χ0v) is 11.1. The van der Waals surface area contributed by atoms with E-state index in [0.29, 0.717) is 5.02 Å². The van der Waals surface area contributed by atoms with Gasteiger partial charge in [0, 0.05) is 19.1 Å². The number of hydrogen-bond donors (Lipinski definition) is 1. The smallest absolute Gasteiger partial charge is 0.339 e. The van der Waals surface area contributed by atoms with E-state index in [1.807, 2.05) is 0 Å². The molecule has 0 aromatic heterocycles. The Balaban J connectivity index is 2.99. The molecule has 1 atom stereocenters. The zero-order chi connectivity index (χ0) is 13.9. The zero-order valence-electron chi connectivity index (χ0n) is 10.3. The summed E-state index contributed by atoms with van der Waals surface area (Å²) in [6, 6.07) is 4.17. The van der Waals surface area contributed by atoms with Crippen molar-refractivity contribution < 1.29 is 19.4 Å². The molecular formula is C12H14ClNO4. The first-order valence-electron chi connectivity index (χ1n) is 5.23. The van der Waals surface area contributed by atoms with E-state index in [1.165, 1.54) is 23.1 Å². The quantitative estimate of drug-likeness (QED) is 0.908. The molecule has 1 N–H and O–H groups in total. The SMILES string of the molecule is CC(Oc1cc(Cl)ccc1C(=O)O)C(=O)N(C)C. The van der Waals surface area contributed by atoms with Gasteiger partial charge in [0.15, 0.2) is 6.10 Å². The number of aromatic carboxylic acids is 1. The maximum Gasteiger partial charge on any atom is 0.339 e. The van der Waals surface area contributed by atoms with Gasteiger partial charge in [-0.05, 0) is 25.1 Å². The van der Waals surface area contributed by atoms with Crippen molar-refractivity contribution in [2.75, 3.05) is 14.1 Å². The van der Waals surface area contributed by atoms with Crippen molar-refractivity contribution in [1.29, 1.82) is 0 Å². The summed E-state index contributed by atoms with van der Waals surface area (Å²) in [5.41, 5.74) is -0.0298.